The Bertz CT molecular complexity index is 711. The lowest BCUT2D eigenvalue weighted by molar-refractivity contribution is -0.114. The molecule has 0 aliphatic rings. The lowest BCUT2D eigenvalue weighted by Crippen LogP contribution is -2.30. The number of nitrogens with one attached hydrogen (secondary N) is 2. The monoisotopic (exact) mass is 394 g/mol. The Morgan fingerprint density at radius 1 is 1.07 bits per heavy atom. The van der Waals surface area contributed by atoms with Crippen molar-refractivity contribution in [2.45, 2.75) is 40.2 Å². The number of anilines is 3. The molecule has 0 aliphatic carbocycles. The normalized spacial score (nSPS) is 11.2. The maximum atomic E-state index is 12.2. The lowest BCUT2D eigenvalue weighted by Gasteiger charge is -2.28. The van der Waals surface area contributed by atoms with Crippen LogP contribution in [-0.4, -0.2) is 63.8 Å². The summed E-state index contributed by atoms with van der Waals surface area (Å²) >= 11 is 0. The molecule has 0 spiro atoms. The van der Waals surface area contributed by atoms with E-state index in [1.807, 2.05) is 28.1 Å². The van der Waals surface area contributed by atoms with Crippen LogP contribution in [0.5, 0.6) is 5.75 Å². The van der Waals surface area contributed by atoms with E-state index in [0.717, 1.165) is 24.3 Å². The topological polar surface area (TPSA) is 83.1 Å². The largest absolute Gasteiger partial charge is 0.494 e. The third-order valence-electron chi connectivity index (χ3n) is 3.90. The van der Waals surface area contributed by atoms with E-state index >= 15 is 0 Å². The molecule has 1 rings (SSSR count). The van der Waals surface area contributed by atoms with E-state index in [-0.39, 0.29) is 5.91 Å². The molecule has 2 amide bonds. The van der Waals surface area contributed by atoms with Gasteiger partial charge in [-0.15, -0.1) is 0 Å². The van der Waals surface area contributed by atoms with Gasteiger partial charge in [0.1, 0.15) is 11.4 Å². The highest BCUT2D eigenvalue weighted by atomic mass is 16.6. The van der Waals surface area contributed by atoms with Gasteiger partial charge in [-0.3, -0.25) is 10.1 Å². The number of rotatable bonds is 7. The molecule has 8 heteroatoms. The van der Waals surface area contributed by atoms with Gasteiger partial charge in [0, 0.05) is 32.6 Å². The van der Waals surface area contributed by atoms with Crippen LogP contribution in [0, 0.1) is 6.92 Å². The zero-order chi connectivity index (χ0) is 21.6. The molecule has 0 aliphatic heterocycles. The van der Waals surface area contributed by atoms with Crippen molar-refractivity contribution in [3.05, 3.63) is 11.6 Å². The van der Waals surface area contributed by atoms with Crippen LogP contribution < -0.4 is 20.3 Å². The minimum absolute atomic E-state index is 0.199. The van der Waals surface area contributed by atoms with Crippen molar-refractivity contribution in [3.63, 3.8) is 0 Å². The molecule has 0 saturated heterocycles. The Balaban J connectivity index is 3.37. The van der Waals surface area contributed by atoms with Gasteiger partial charge in [-0.1, -0.05) is 0 Å². The summed E-state index contributed by atoms with van der Waals surface area (Å²) in [5.74, 6) is 0.321. The van der Waals surface area contributed by atoms with E-state index < -0.39 is 11.7 Å². The van der Waals surface area contributed by atoms with Crippen LogP contribution >= 0.6 is 0 Å². The molecule has 0 heterocycles. The molecule has 1 aromatic rings. The number of likely N-dealkylation sites (N-methyl/N-ethyl adjacent to an activating group) is 2. The third-order valence-corrected chi connectivity index (χ3v) is 3.90. The number of hydrogen-bond donors (Lipinski definition) is 2. The van der Waals surface area contributed by atoms with Crippen molar-refractivity contribution in [2.24, 2.45) is 0 Å². The lowest BCUT2D eigenvalue weighted by atomic mass is 10.1. The molecule has 0 unspecified atom stereocenters. The fraction of sp³-hybridized carbons (Fsp3) is 0.600. The number of carbonyl (C=O) groups is 2. The average molecular weight is 395 g/mol. The molecule has 2 N–H and O–H groups in total. The van der Waals surface area contributed by atoms with Crippen molar-refractivity contribution in [1.82, 2.24) is 4.90 Å². The van der Waals surface area contributed by atoms with Gasteiger partial charge in [-0.25, -0.2) is 4.79 Å². The summed E-state index contributed by atoms with van der Waals surface area (Å²) in [6.45, 7) is 10.3. The van der Waals surface area contributed by atoms with Gasteiger partial charge >= 0.3 is 6.09 Å². The summed E-state index contributed by atoms with van der Waals surface area (Å²) in [5, 5.41) is 5.58. The Kier molecular flexibility index (Phi) is 8.11. The molecule has 0 fully saturated rings. The number of amides is 2. The summed E-state index contributed by atoms with van der Waals surface area (Å²) in [6.07, 6.45) is -0.590. The summed E-state index contributed by atoms with van der Waals surface area (Å²) in [6, 6.07) is 1.69. The highest BCUT2D eigenvalue weighted by Gasteiger charge is 2.23. The first-order valence-corrected chi connectivity index (χ1v) is 9.20. The van der Waals surface area contributed by atoms with Crippen LogP contribution in [0.2, 0.25) is 0 Å². The second-order valence-electron chi connectivity index (χ2n) is 8.01. The van der Waals surface area contributed by atoms with E-state index in [9.17, 15) is 9.59 Å². The predicted octanol–water partition coefficient (Wildman–Crippen LogP) is 3.31. The predicted molar refractivity (Wildman–Crippen MR) is 114 cm³/mol. The molecule has 0 radical (unpaired) electrons. The van der Waals surface area contributed by atoms with Gasteiger partial charge in [0.05, 0.1) is 24.2 Å². The standard InChI is InChI=1S/C20H34N4O4/c1-13-17(24(8)11-10-23(6)7)15(21-14(2)25)12-16(18(13)27-9)22-19(26)28-20(3,4)5/h12H,10-11H2,1-9H3,(H,21,25)(H,22,26). The first kappa shape index (κ1) is 23.6. The van der Waals surface area contributed by atoms with E-state index in [1.54, 1.807) is 33.9 Å². The minimum Gasteiger partial charge on any atom is -0.494 e. The average Bonchev–Trinajstić information content (AvgIpc) is 2.50. The molecular weight excluding hydrogens is 360 g/mol. The molecule has 8 nitrogen and oxygen atoms in total. The first-order chi connectivity index (χ1) is 12.9. The summed E-state index contributed by atoms with van der Waals surface area (Å²) in [5.41, 5.74) is 2.05. The quantitative estimate of drug-likeness (QED) is 0.738. The van der Waals surface area contributed by atoms with E-state index in [0.29, 0.717) is 17.1 Å². The van der Waals surface area contributed by atoms with Crippen LogP contribution in [0.3, 0.4) is 0 Å². The molecule has 158 valence electrons. The molecule has 28 heavy (non-hydrogen) atoms. The fourth-order valence-corrected chi connectivity index (χ4v) is 2.80. The number of carbonyl (C=O) groups excluding carboxylic acids is 2. The van der Waals surface area contributed by atoms with Crippen molar-refractivity contribution in [1.29, 1.82) is 0 Å². The SMILES string of the molecule is COc1c(NC(=O)OC(C)(C)C)cc(NC(C)=O)c(N(C)CCN(C)C)c1C. The summed E-state index contributed by atoms with van der Waals surface area (Å²) in [7, 11) is 7.51. The maximum Gasteiger partial charge on any atom is 0.412 e. The first-order valence-electron chi connectivity index (χ1n) is 9.20. The fourth-order valence-electron chi connectivity index (χ4n) is 2.80. The van der Waals surface area contributed by atoms with Gasteiger partial charge < -0.3 is 24.6 Å². The van der Waals surface area contributed by atoms with Gasteiger partial charge in [-0.05, 0) is 47.9 Å². The van der Waals surface area contributed by atoms with Crippen molar-refractivity contribution in [2.75, 3.05) is 56.9 Å². The molecule has 0 aromatic heterocycles. The molecule has 0 saturated carbocycles. The van der Waals surface area contributed by atoms with Crippen molar-refractivity contribution < 1.29 is 19.1 Å². The van der Waals surface area contributed by atoms with Crippen LogP contribution in [0.4, 0.5) is 21.9 Å². The van der Waals surface area contributed by atoms with Gasteiger partial charge in [0.15, 0.2) is 0 Å². The molecule has 0 atom stereocenters. The zero-order valence-electron chi connectivity index (χ0n) is 18.5. The van der Waals surface area contributed by atoms with Crippen LogP contribution in [0.15, 0.2) is 6.07 Å². The Labute approximate surface area is 168 Å². The van der Waals surface area contributed by atoms with Crippen LogP contribution in [-0.2, 0) is 9.53 Å². The van der Waals surface area contributed by atoms with E-state index in [4.69, 9.17) is 9.47 Å². The Hall–Kier alpha value is -2.48. The smallest absolute Gasteiger partial charge is 0.412 e. The summed E-state index contributed by atoms with van der Waals surface area (Å²) < 4.78 is 10.9. The highest BCUT2D eigenvalue weighted by molar-refractivity contribution is 5.98. The number of nitrogens with zero attached hydrogens (tertiary/aromatic N) is 2. The molecule has 0 bridgehead atoms. The molecule has 1 aromatic carbocycles. The Morgan fingerprint density at radius 2 is 1.68 bits per heavy atom. The van der Waals surface area contributed by atoms with Crippen LogP contribution in [0.25, 0.3) is 0 Å². The van der Waals surface area contributed by atoms with Crippen molar-refractivity contribution >= 4 is 29.1 Å². The highest BCUT2D eigenvalue weighted by Crippen LogP contribution is 2.41. The Morgan fingerprint density at radius 3 is 2.14 bits per heavy atom. The van der Waals surface area contributed by atoms with Gasteiger partial charge in [-0.2, -0.15) is 0 Å². The zero-order valence-corrected chi connectivity index (χ0v) is 18.5. The van der Waals surface area contributed by atoms with E-state index in [1.165, 1.54) is 6.92 Å². The van der Waals surface area contributed by atoms with Crippen molar-refractivity contribution in [3.8, 4) is 5.75 Å². The van der Waals surface area contributed by atoms with Gasteiger partial charge in [0.25, 0.3) is 0 Å². The number of benzene rings is 1. The minimum atomic E-state index is -0.626. The van der Waals surface area contributed by atoms with E-state index in [2.05, 4.69) is 20.4 Å². The van der Waals surface area contributed by atoms with Crippen LogP contribution in [0.1, 0.15) is 33.3 Å². The summed E-state index contributed by atoms with van der Waals surface area (Å²) in [4.78, 5) is 28.1. The number of hydrogen-bond acceptors (Lipinski definition) is 6. The van der Waals surface area contributed by atoms with Gasteiger partial charge in [0.2, 0.25) is 5.91 Å². The second-order valence-corrected chi connectivity index (χ2v) is 8.01. The third kappa shape index (κ3) is 6.92. The molecular formula is C20H34N4O4. The number of methoxy groups -OCH3 is 1. The second kappa shape index (κ2) is 9.64. The number of ether oxygens (including phenoxy) is 2. The maximum absolute atomic E-state index is 12.2.